The van der Waals surface area contributed by atoms with Crippen LogP contribution in [0.3, 0.4) is 0 Å². The lowest BCUT2D eigenvalue weighted by Crippen LogP contribution is -2.38. The number of halogens is 1. The highest BCUT2D eigenvalue weighted by Crippen LogP contribution is 2.23. The van der Waals surface area contributed by atoms with Crippen LogP contribution in [0.5, 0.6) is 0 Å². The van der Waals surface area contributed by atoms with E-state index in [0.29, 0.717) is 11.3 Å². The van der Waals surface area contributed by atoms with Gasteiger partial charge in [-0.2, -0.15) is 0 Å². The van der Waals surface area contributed by atoms with Crippen LogP contribution >= 0.6 is 12.4 Å². The highest BCUT2D eigenvalue weighted by Gasteiger charge is 2.29. The van der Waals surface area contributed by atoms with Crippen molar-refractivity contribution in [2.24, 2.45) is 0 Å². The molecule has 1 aromatic heterocycles. The van der Waals surface area contributed by atoms with Gasteiger partial charge in [0, 0.05) is 39.8 Å². The Balaban J connectivity index is 0.00000242. The van der Waals surface area contributed by atoms with Crippen LogP contribution in [0.1, 0.15) is 22.5 Å². The molecule has 9 heteroatoms. The van der Waals surface area contributed by atoms with Gasteiger partial charge in [0.05, 0.1) is 5.56 Å². The first-order valence-electron chi connectivity index (χ1n) is 6.76. The number of nitrogens with one attached hydrogen (secondary N) is 1. The second-order valence-electron chi connectivity index (χ2n) is 5.39. The van der Waals surface area contributed by atoms with Crippen LogP contribution in [0, 0.1) is 6.92 Å². The van der Waals surface area contributed by atoms with Crippen LogP contribution < -0.4 is 5.32 Å². The van der Waals surface area contributed by atoms with E-state index in [-0.39, 0.29) is 29.4 Å². The summed E-state index contributed by atoms with van der Waals surface area (Å²) in [4.78, 5) is 14.1. The van der Waals surface area contributed by atoms with E-state index >= 15 is 0 Å². The summed E-state index contributed by atoms with van der Waals surface area (Å²) in [5.41, 5.74) is 0.296. The van der Waals surface area contributed by atoms with E-state index < -0.39 is 10.0 Å². The number of hydrogen-bond donors (Lipinski definition) is 1. The molecule has 1 aromatic rings. The van der Waals surface area contributed by atoms with Crippen molar-refractivity contribution < 1.29 is 17.6 Å². The van der Waals surface area contributed by atoms with Crippen molar-refractivity contribution >= 4 is 28.3 Å². The molecule has 22 heavy (non-hydrogen) atoms. The Labute approximate surface area is 137 Å². The molecule has 1 aliphatic heterocycles. The predicted octanol–water partition coefficient (Wildman–Crippen LogP) is 0.694. The summed E-state index contributed by atoms with van der Waals surface area (Å²) in [5, 5.41) is 3.00. The Kier molecular flexibility index (Phi) is 6.03. The van der Waals surface area contributed by atoms with Crippen molar-refractivity contribution in [2.45, 2.75) is 24.5 Å². The second-order valence-corrected chi connectivity index (χ2v) is 7.47. The van der Waals surface area contributed by atoms with Gasteiger partial charge in [-0.15, -0.1) is 12.4 Å². The molecule has 0 aliphatic carbocycles. The van der Waals surface area contributed by atoms with E-state index in [9.17, 15) is 13.2 Å². The predicted molar refractivity (Wildman–Crippen MR) is 84.9 cm³/mol. The maximum atomic E-state index is 12.5. The van der Waals surface area contributed by atoms with Crippen molar-refractivity contribution in [1.29, 1.82) is 0 Å². The number of furan rings is 1. The molecule has 1 fully saturated rings. The highest BCUT2D eigenvalue weighted by atomic mass is 35.5. The molecular weight excluding hydrogens is 330 g/mol. The molecule has 1 saturated heterocycles. The summed E-state index contributed by atoms with van der Waals surface area (Å²) >= 11 is 0. The van der Waals surface area contributed by atoms with Gasteiger partial charge in [-0.25, -0.2) is 12.7 Å². The summed E-state index contributed by atoms with van der Waals surface area (Å²) < 4.78 is 30.4. The van der Waals surface area contributed by atoms with Gasteiger partial charge in [0.25, 0.3) is 15.9 Å². The number of amides is 1. The lowest BCUT2D eigenvalue weighted by molar-refractivity contribution is 0.0742. The van der Waals surface area contributed by atoms with E-state index in [1.165, 1.54) is 20.2 Å². The number of hydrogen-bond acceptors (Lipinski definition) is 5. The van der Waals surface area contributed by atoms with Crippen molar-refractivity contribution in [2.75, 3.05) is 34.2 Å². The Morgan fingerprint density at radius 2 is 2.00 bits per heavy atom. The van der Waals surface area contributed by atoms with Gasteiger partial charge < -0.3 is 14.6 Å². The van der Waals surface area contributed by atoms with E-state index in [0.717, 1.165) is 23.8 Å². The fourth-order valence-electron chi connectivity index (χ4n) is 2.30. The maximum Gasteiger partial charge on any atom is 0.275 e. The van der Waals surface area contributed by atoms with Crippen molar-refractivity contribution in [1.82, 2.24) is 14.5 Å². The third-order valence-electron chi connectivity index (χ3n) is 3.76. The lowest BCUT2D eigenvalue weighted by Gasteiger charge is -2.23. The third kappa shape index (κ3) is 3.45. The topological polar surface area (TPSA) is 82.9 Å². The zero-order valence-electron chi connectivity index (χ0n) is 13.1. The highest BCUT2D eigenvalue weighted by molar-refractivity contribution is 7.88. The number of sulfonamides is 1. The molecule has 7 nitrogen and oxygen atoms in total. The van der Waals surface area contributed by atoms with E-state index in [1.54, 1.807) is 18.9 Å². The van der Waals surface area contributed by atoms with Gasteiger partial charge in [-0.05, 0) is 19.9 Å². The average molecular weight is 352 g/mol. The van der Waals surface area contributed by atoms with Crippen LogP contribution in [0.2, 0.25) is 0 Å². The quantitative estimate of drug-likeness (QED) is 0.863. The number of carbonyl (C=O) groups excluding carboxylic acids is 1. The minimum atomic E-state index is -3.67. The van der Waals surface area contributed by atoms with Gasteiger partial charge in [0.2, 0.25) is 5.09 Å². The molecule has 126 valence electrons. The Morgan fingerprint density at radius 1 is 1.36 bits per heavy atom. The average Bonchev–Trinajstić information content (AvgIpc) is 3.06. The van der Waals surface area contributed by atoms with Crippen LogP contribution in [-0.4, -0.2) is 63.8 Å². The van der Waals surface area contributed by atoms with E-state index in [2.05, 4.69) is 5.32 Å². The normalized spacial score (nSPS) is 18.3. The summed E-state index contributed by atoms with van der Waals surface area (Å²) in [6, 6.07) is 1.44. The molecule has 1 amide bonds. The standard InChI is InChI=1S/C13H21N3O4S.ClH/c1-9-11(7-12(20-9)21(18,19)15(2)3)13(17)16(4)10-5-6-14-8-10;/h7,10,14H,5-6,8H2,1-4H3;1H. The van der Waals surface area contributed by atoms with Gasteiger partial charge in [0.15, 0.2) is 0 Å². The SMILES string of the molecule is Cc1oc(S(=O)(=O)N(C)C)cc1C(=O)N(C)C1CCNC1.Cl. The minimum absolute atomic E-state index is 0. The molecule has 0 bridgehead atoms. The molecule has 0 saturated carbocycles. The first-order valence-corrected chi connectivity index (χ1v) is 8.20. The molecule has 0 spiro atoms. The number of nitrogens with zero attached hydrogens (tertiary/aromatic N) is 2. The molecule has 1 atom stereocenters. The summed E-state index contributed by atoms with van der Waals surface area (Å²) in [6.45, 7) is 3.23. The summed E-state index contributed by atoms with van der Waals surface area (Å²) in [5.74, 6) is 0.100. The van der Waals surface area contributed by atoms with Crippen molar-refractivity contribution in [3.63, 3.8) is 0 Å². The van der Waals surface area contributed by atoms with Gasteiger partial charge in [-0.3, -0.25) is 4.79 Å². The number of rotatable bonds is 4. The Morgan fingerprint density at radius 3 is 2.50 bits per heavy atom. The largest absolute Gasteiger partial charge is 0.448 e. The molecular formula is C13H22ClN3O4S. The van der Waals surface area contributed by atoms with Gasteiger partial charge in [-0.1, -0.05) is 0 Å². The molecule has 1 N–H and O–H groups in total. The smallest absolute Gasteiger partial charge is 0.275 e. The zero-order valence-corrected chi connectivity index (χ0v) is 14.8. The maximum absolute atomic E-state index is 12.5. The summed E-state index contributed by atoms with van der Waals surface area (Å²) in [7, 11) is 0.899. The molecule has 2 rings (SSSR count). The van der Waals surface area contributed by atoms with Gasteiger partial charge >= 0.3 is 0 Å². The molecule has 1 unspecified atom stereocenters. The van der Waals surface area contributed by atoms with Crippen molar-refractivity contribution in [3.05, 3.63) is 17.4 Å². The lowest BCUT2D eigenvalue weighted by atomic mass is 10.2. The van der Waals surface area contributed by atoms with Crippen LogP contribution in [0.25, 0.3) is 0 Å². The molecule has 0 radical (unpaired) electrons. The fourth-order valence-corrected chi connectivity index (χ4v) is 3.16. The number of carbonyl (C=O) groups is 1. The minimum Gasteiger partial charge on any atom is -0.448 e. The van der Waals surface area contributed by atoms with E-state index in [1.807, 2.05) is 0 Å². The van der Waals surface area contributed by atoms with Crippen LogP contribution in [-0.2, 0) is 10.0 Å². The molecule has 0 aromatic carbocycles. The van der Waals surface area contributed by atoms with Crippen molar-refractivity contribution in [3.8, 4) is 0 Å². The first kappa shape index (κ1) is 19.0. The van der Waals surface area contributed by atoms with E-state index in [4.69, 9.17) is 4.42 Å². The van der Waals surface area contributed by atoms with Crippen LogP contribution in [0.4, 0.5) is 0 Å². The summed E-state index contributed by atoms with van der Waals surface area (Å²) in [6.07, 6.45) is 0.891. The van der Waals surface area contributed by atoms with Gasteiger partial charge in [0.1, 0.15) is 5.76 Å². The number of aryl methyl sites for hydroxylation is 1. The first-order chi connectivity index (χ1) is 9.75. The third-order valence-corrected chi connectivity index (χ3v) is 5.43. The Hall–Kier alpha value is -1.09. The second kappa shape index (κ2) is 6.99. The number of likely N-dealkylation sites (N-methyl/N-ethyl adjacent to an activating group) is 1. The molecule has 2 heterocycles. The van der Waals surface area contributed by atoms with Crippen LogP contribution in [0.15, 0.2) is 15.6 Å². The molecule has 1 aliphatic rings. The fraction of sp³-hybridized carbons (Fsp3) is 0.615. The zero-order chi connectivity index (χ0) is 15.8. The Bertz CT molecular complexity index is 636. The monoisotopic (exact) mass is 351 g/mol.